The Balaban J connectivity index is 1.77. The topological polar surface area (TPSA) is 66.0 Å². The van der Waals surface area contributed by atoms with E-state index >= 15 is 0 Å². The highest BCUT2D eigenvalue weighted by molar-refractivity contribution is 9.10. The number of nitrogens with one attached hydrogen (secondary N) is 1. The van der Waals surface area contributed by atoms with Crippen molar-refractivity contribution in [2.75, 3.05) is 34.0 Å². The second-order valence-corrected chi connectivity index (χ2v) is 6.86. The van der Waals surface area contributed by atoms with Crippen LogP contribution in [0.5, 0.6) is 23.0 Å². The van der Waals surface area contributed by atoms with Gasteiger partial charge in [0.15, 0.2) is 18.1 Å². The van der Waals surface area contributed by atoms with E-state index in [4.69, 9.17) is 18.9 Å². The van der Waals surface area contributed by atoms with Crippen molar-refractivity contribution in [1.82, 2.24) is 5.32 Å². The van der Waals surface area contributed by atoms with E-state index in [1.54, 1.807) is 26.4 Å². The minimum atomic E-state index is -0.178. The first-order valence-corrected chi connectivity index (χ1v) is 9.89. The lowest BCUT2D eigenvalue weighted by atomic mass is 10.1. The SMILES string of the molecule is CCCOc1ccc(OCC(=O)NCCc2cc(OC)c(OC)cc2Br)cc1. The molecule has 2 aromatic carbocycles. The minimum absolute atomic E-state index is 0.0394. The van der Waals surface area contributed by atoms with Crippen molar-refractivity contribution in [3.8, 4) is 23.0 Å². The molecule has 1 amide bonds. The van der Waals surface area contributed by atoms with Crippen molar-refractivity contribution in [3.63, 3.8) is 0 Å². The van der Waals surface area contributed by atoms with Gasteiger partial charge in [-0.3, -0.25) is 4.79 Å². The zero-order valence-electron chi connectivity index (χ0n) is 16.4. The van der Waals surface area contributed by atoms with E-state index < -0.39 is 0 Å². The van der Waals surface area contributed by atoms with E-state index in [2.05, 4.69) is 28.2 Å². The summed E-state index contributed by atoms with van der Waals surface area (Å²) in [5.74, 6) is 2.55. The van der Waals surface area contributed by atoms with Crippen molar-refractivity contribution >= 4 is 21.8 Å². The van der Waals surface area contributed by atoms with Gasteiger partial charge in [0.05, 0.1) is 20.8 Å². The molecule has 0 atom stereocenters. The molecule has 0 fully saturated rings. The quantitative estimate of drug-likeness (QED) is 0.559. The smallest absolute Gasteiger partial charge is 0.257 e. The van der Waals surface area contributed by atoms with Gasteiger partial charge >= 0.3 is 0 Å². The van der Waals surface area contributed by atoms with Crippen LogP contribution in [-0.2, 0) is 11.2 Å². The Bertz CT molecular complexity index is 764. The van der Waals surface area contributed by atoms with Crippen LogP contribution in [-0.4, -0.2) is 39.9 Å². The molecule has 0 saturated heterocycles. The predicted octanol–water partition coefficient (Wildman–Crippen LogP) is 3.99. The molecule has 28 heavy (non-hydrogen) atoms. The molecule has 0 aliphatic rings. The fraction of sp³-hybridized carbons (Fsp3) is 0.381. The molecule has 7 heteroatoms. The highest BCUT2D eigenvalue weighted by Crippen LogP contribution is 2.33. The molecule has 0 aliphatic carbocycles. The highest BCUT2D eigenvalue weighted by atomic mass is 79.9. The second kappa shape index (κ2) is 11.4. The Morgan fingerprint density at radius 2 is 1.61 bits per heavy atom. The summed E-state index contributed by atoms with van der Waals surface area (Å²) in [6, 6.07) is 11.0. The Morgan fingerprint density at radius 3 is 2.21 bits per heavy atom. The van der Waals surface area contributed by atoms with Crippen LogP contribution in [0.4, 0.5) is 0 Å². The summed E-state index contributed by atoms with van der Waals surface area (Å²) in [7, 11) is 3.19. The summed E-state index contributed by atoms with van der Waals surface area (Å²) in [4.78, 5) is 12.0. The number of benzene rings is 2. The first kappa shape index (κ1) is 21.9. The monoisotopic (exact) mass is 451 g/mol. The third kappa shape index (κ3) is 6.64. The fourth-order valence-electron chi connectivity index (χ4n) is 2.48. The molecular weight excluding hydrogens is 426 g/mol. The van der Waals surface area contributed by atoms with Crippen LogP contribution in [0.15, 0.2) is 40.9 Å². The lowest BCUT2D eigenvalue weighted by molar-refractivity contribution is -0.123. The molecule has 0 unspecified atom stereocenters. The molecule has 0 spiro atoms. The summed E-state index contributed by atoms with van der Waals surface area (Å²) in [6.45, 7) is 3.18. The lowest BCUT2D eigenvalue weighted by Gasteiger charge is -2.12. The summed E-state index contributed by atoms with van der Waals surface area (Å²) in [5.41, 5.74) is 1.02. The van der Waals surface area contributed by atoms with Crippen LogP contribution in [0.25, 0.3) is 0 Å². The van der Waals surface area contributed by atoms with Crippen LogP contribution in [0.3, 0.4) is 0 Å². The van der Waals surface area contributed by atoms with Gasteiger partial charge in [-0.05, 0) is 54.8 Å². The molecule has 0 saturated carbocycles. The van der Waals surface area contributed by atoms with Crippen molar-refractivity contribution in [2.45, 2.75) is 19.8 Å². The van der Waals surface area contributed by atoms with Gasteiger partial charge in [0.25, 0.3) is 5.91 Å². The van der Waals surface area contributed by atoms with Gasteiger partial charge in [-0.15, -0.1) is 0 Å². The molecule has 0 bridgehead atoms. The number of halogens is 1. The Labute approximate surface area is 174 Å². The average molecular weight is 452 g/mol. The molecule has 0 aliphatic heterocycles. The van der Waals surface area contributed by atoms with E-state index in [0.29, 0.717) is 36.8 Å². The third-order valence-corrected chi connectivity index (χ3v) is 4.67. The van der Waals surface area contributed by atoms with Gasteiger partial charge in [-0.1, -0.05) is 22.9 Å². The van der Waals surface area contributed by atoms with Crippen LogP contribution in [0, 0.1) is 0 Å². The van der Waals surface area contributed by atoms with E-state index in [-0.39, 0.29) is 12.5 Å². The van der Waals surface area contributed by atoms with Crippen LogP contribution in [0.1, 0.15) is 18.9 Å². The molecule has 2 aromatic rings. The van der Waals surface area contributed by atoms with Gasteiger partial charge in [0.1, 0.15) is 11.5 Å². The maximum atomic E-state index is 12.0. The zero-order chi connectivity index (χ0) is 20.4. The normalized spacial score (nSPS) is 10.3. The minimum Gasteiger partial charge on any atom is -0.494 e. The van der Waals surface area contributed by atoms with Crippen molar-refractivity contribution in [1.29, 1.82) is 0 Å². The number of amides is 1. The van der Waals surface area contributed by atoms with E-state index in [0.717, 1.165) is 22.2 Å². The lowest BCUT2D eigenvalue weighted by Crippen LogP contribution is -2.30. The largest absolute Gasteiger partial charge is 0.494 e. The summed E-state index contributed by atoms with van der Waals surface area (Å²) < 4.78 is 22.5. The van der Waals surface area contributed by atoms with Crippen molar-refractivity contribution in [2.24, 2.45) is 0 Å². The maximum absolute atomic E-state index is 12.0. The molecule has 152 valence electrons. The molecule has 0 aromatic heterocycles. The first-order chi connectivity index (χ1) is 13.6. The summed E-state index contributed by atoms with van der Waals surface area (Å²) >= 11 is 3.52. The van der Waals surface area contributed by atoms with Gasteiger partial charge in [0, 0.05) is 11.0 Å². The second-order valence-electron chi connectivity index (χ2n) is 6.01. The van der Waals surface area contributed by atoms with Crippen LogP contribution in [0.2, 0.25) is 0 Å². The van der Waals surface area contributed by atoms with E-state index in [1.807, 2.05) is 24.3 Å². The molecule has 0 heterocycles. The Hall–Kier alpha value is -2.41. The zero-order valence-corrected chi connectivity index (χ0v) is 18.0. The maximum Gasteiger partial charge on any atom is 0.257 e. The number of carbonyl (C=O) groups is 1. The van der Waals surface area contributed by atoms with Gasteiger partial charge in [-0.25, -0.2) is 0 Å². The number of hydrogen-bond donors (Lipinski definition) is 1. The fourth-order valence-corrected chi connectivity index (χ4v) is 3.00. The highest BCUT2D eigenvalue weighted by Gasteiger charge is 2.10. The van der Waals surface area contributed by atoms with E-state index in [1.165, 1.54) is 0 Å². The number of hydrogen-bond acceptors (Lipinski definition) is 5. The molecular formula is C21H26BrNO5. The molecule has 0 radical (unpaired) electrons. The Kier molecular flexibility index (Phi) is 8.94. The average Bonchev–Trinajstić information content (AvgIpc) is 2.72. The standard InChI is InChI=1S/C21H26BrNO5/c1-4-11-27-16-5-7-17(8-6-16)28-14-21(24)23-10-9-15-12-19(25-2)20(26-3)13-18(15)22/h5-8,12-13H,4,9-11,14H2,1-3H3,(H,23,24). The molecule has 1 N–H and O–H groups in total. The van der Waals surface area contributed by atoms with Crippen molar-refractivity contribution in [3.05, 3.63) is 46.4 Å². The number of rotatable bonds is 11. The molecule has 2 rings (SSSR count). The molecule has 6 nitrogen and oxygen atoms in total. The van der Waals surface area contributed by atoms with Gasteiger partial charge in [-0.2, -0.15) is 0 Å². The van der Waals surface area contributed by atoms with E-state index in [9.17, 15) is 4.79 Å². The van der Waals surface area contributed by atoms with Crippen LogP contribution < -0.4 is 24.3 Å². The summed E-state index contributed by atoms with van der Waals surface area (Å²) in [6.07, 6.45) is 1.61. The van der Waals surface area contributed by atoms with Crippen LogP contribution >= 0.6 is 15.9 Å². The first-order valence-electron chi connectivity index (χ1n) is 9.10. The number of methoxy groups -OCH3 is 2. The predicted molar refractivity (Wildman–Crippen MR) is 112 cm³/mol. The van der Waals surface area contributed by atoms with Crippen molar-refractivity contribution < 1.29 is 23.7 Å². The Morgan fingerprint density at radius 1 is 1.00 bits per heavy atom. The number of carbonyl (C=O) groups excluding carboxylic acids is 1. The summed E-state index contributed by atoms with van der Waals surface area (Å²) in [5, 5.41) is 2.85. The van der Waals surface area contributed by atoms with Gasteiger partial charge in [0.2, 0.25) is 0 Å². The third-order valence-electron chi connectivity index (χ3n) is 3.94. The number of ether oxygens (including phenoxy) is 4. The van der Waals surface area contributed by atoms with Gasteiger partial charge < -0.3 is 24.3 Å².